The molecule has 0 aliphatic carbocycles. The lowest BCUT2D eigenvalue weighted by atomic mass is 10.2. The number of fused-ring (bicyclic) bond motifs is 1. The third-order valence-electron chi connectivity index (χ3n) is 5.84. The first-order valence-corrected chi connectivity index (χ1v) is 13.1. The molecule has 0 unspecified atom stereocenters. The van der Waals surface area contributed by atoms with Gasteiger partial charge in [-0.25, -0.2) is 13.4 Å². The Labute approximate surface area is 205 Å². The van der Waals surface area contributed by atoms with Crippen LogP contribution in [0.1, 0.15) is 24.2 Å². The highest BCUT2D eigenvalue weighted by molar-refractivity contribution is 7.92. The first-order valence-electron chi connectivity index (χ1n) is 11.6. The average molecular weight is 492 g/mol. The van der Waals surface area contributed by atoms with Gasteiger partial charge in [0.2, 0.25) is 5.95 Å². The van der Waals surface area contributed by atoms with Gasteiger partial charge in [0.05, 0.1) is 15.9 Å². The molecule has 0 atom stereocenters. The number of carbonyl (C=O) groups is 1. The largest absolute Gasteiger partial charge is 0.309 e. The first-order chi connectivity index (χ1) is 16.9. The van der Waals surface area contributed by atoms with Gasteiger partial charge in [-0.05, 0) is 55.6 Å². The molecule has 1 heterocycles. The fourth-order valence-electron chi connectivity index (χ4n) is 3.89. The molecule has 1 aromatic heterocycles. The Hall–Kier alpha value is -3.69. The number of nitrogens with zero attached hydrogens (tertiary/aromatic N) is 3. The van der Waals surface area contributed by atoms with Crippen LogP contribution < -0.4 is 10.0 Å². The van der Waals surface area contributed by atoms with Gasteiger partial charge in [0, 0.05) is 24.3 Å². The zero-order valence-electron chi connectivity index (χ0n) is 19.8. The van der Waals surface area contributed by atoms with Crippen molar-refractivity contribution in [2.24, 2.45) is 0 Å². The smallest absolute Gasteiger partial charge is 0.261 e. The summed E-state index contributed by atoms with van der Waals surface area (Å²) in [5, 5.41) is 2.91. The van der Waals surface area contributed by atoms with Crippen LogP contribution in [0.2, 0.25) is 0 Å². The minimum absolute atomic E-state index is 0.150. The summed E-state index contributed by atoms with van der Waals surface area (Å²) in [6, 6.07) is 22.3. The van der Waals surface area contributed by atoms with Crippen molar-refractivity contribution in [2.45, 2.75) is 25.3 Å². The molecule has 0 radical (unpaired) electrons. The number of sulfonamides is 1. The summed E-state index contributed by atoms with van der Waals surface area (Å²) in [4.78, 5) is 20.2. The predicted molar refractivity (Wildman–Crippen MR) is 139 cm³/mol. The van der Waals surface area contributed by atoms with Crippen LogP contribution in [-0.2, 0) is 16.6 Å². The lowest BCUT2D eigenvalue weighted by molar-refractivity contribution is 0.102. The summed E-state index contributed by atoms with van der Waals surface area (Å²) < 4.78 is 29.9. The molecule has 9 heteroatoms. The summed E-state index contributed by atoms with van der Waals surface area (Å²) in [7, 11) is -3.76. The van der Waals surface area contributed by atoms with E-state index in [1.165, 1.54) is 18.2 Å². The third-order valence-corrected chi connectivity index (χ3v) is 7.24. The van der Waals surface area contributed by atoms with Crippen molar-refractivity contribution < 1.29 is 13.2 Å². The number of para-hydroxylation sites is 2. The van der Waals surface area contributed by atoms with Crippen molar-refractivity contribution in [3.63, 3.8) is 0 Å². The molecule has 35 heavy (non-hydrogen) atoms. The maximum Gasteiger partial charge on any atom is 0.261 e. The topological polar surface area (TPSA) is 96.3 Å². The van der Waals surface area contributed by atoms with Crippen LogP contribution >= 0.6 is 0 Å². The van der Waals surface area contributed by atoms with Crippen molar-refractivity contribution in [1.82, 2.24) is 14.5 Å². The van der Waals surface area contributed by atoms with E-state index in [4.69, 9.17) is 0 Å². The molecule has 2 N–H and O–H groups in total. The predicted octanol–water partition coefficient (Wildman–Crippen LogP) is 4.43. The molecule has 182 valence electrons. The molecule has 0 aliphatic rings. The van der Waals surface area contributed by atoms with Crippen LogP contribution in [-0.4, -0.2) is 48.4 Å². The van der Waals surface area contributed by atoms with Gasteiger partial charge in [0.15, 0.2) is 0 Å². The quantitative estimate of drug-likeness (QED) is 0.342. The van der Waals surface area contributed by atoms with Crippen LogP contribution in [0.5, 0.6) is 0 Å². The molecule has 0 saturated heterocycles. The Morgan fingerprint density at radius 1 is 0.943 bits per heavy atom. The molecule has 4 rings (SSSR count). The van der Waals surface area contributed by atoms with Crippen LogP contribution in [0, 0.1) is 0 Å². The normalized spacial score (nSPS) is 11.6. The van der Waals surface area contributed by atoms with E-state index in [9.17, 15) is 13.2 Å². The number of rotatable bonds is 10. The van der Waals surface area contributed by atoms with E-state index in [-0.39, 0.29) is 10.8 Å². The summed E-state index contributed by atoms with van der Waals surface area (Å²) >= 11 is 0. The van der Waals surface area contributed by atoms with Gasteiger partial charge in [-0.3, -0.25) is 14.8 Å². The van der Waals surface area contributed by atoms with Crippen molar-refractivity contribution in [3.05, 3.63) is 84.4 Å². The highest BCUT2D eigenvalue weighted by atomic mass is 32.2. The highest BCUT2D eigenvalue weighted by Gasteiger charge is 2.17. The molecule has 0 saturated carbocycles. The number of likely N-dealkylation sites (N-methyl/N-ethyl adjacent to an activating group) is 1. The SMILES string of the molecule is CCN(CC)CCn1c(NC(=O)c2cccc(NS(=O)(=O)c3ccccc3)c2)nc2ccccc21. The van der Waals surface area contributed by atoms with Crippen molar-refractivity contribution in [2.75, 3.05) is 29.7 Å². The molecule has 0 bridgehead atoms. The van der Waals surface area contributed by atoms with E-state index < -0.39 is 10.0 Å². The van der Waals surface area contributed by atoms with Gasteiger partial charge in [-0.2, -0.15) is 0 Å². The standard InChI is InChI=1S/C26H29N5O3S/c1-3-30(4-2)17-18-31-24-16-9-8-15-23(24)27-26(31)28-25(32)20-11-10-12-21(19-20)29-35(33,34)22-13-6-5-7-14-22/h5-16,19,29H,3-4,17-18H2,1-2H3,(H,27,28,32). The Morgan fingerprint density at radius 3 is 2.40 bits per heavy atom. The van der Waals surface area contributed by atoms with Crippen LogP contribution in [0.25, 0.3) is 11.0 Å². The Balaban J connectivity index is 1.56. The van der Waals surface area contributed by atoms with Crippen LogP contribution in [0.4, 0.5) is 11.6 Å². The van der Waals surface area contributed by atoms with Gasteiger partial charge in [0.1, 0.15) is 0 Å². The van der Waals surface area contributed by atoms with Crippen LogP contribution in [0.15, 0.2) is 83.8 Å². The second-order valence-corrected chi connectivity index (χ2v) is 9.74. The van der Waals surface area contributed by atoms with E-state index >= 15 is 0 Å². The third kappa shape index (κ3) is 5.70. The lowest BCUT2D eigenvalue weighted by Crippen LogP contribution is -2.27. The zero-order chi connectivity index (χ0) is 24.8. The molecule has 1 amide bonds. The minimum Gasteiger partial charge on any atom is -0.309 e. The molecule has 0 aliphatic heterocycles. The lowest BCUT2D eigenvalue weighted by Gasteiger charge is -2.19. The van der Waals surface area contributed by atoms with E-state index in [1.54, 1.807) is 36.4 Å². The maximum atomic E-state index is 13.1. The van der Waals surface area contributed by atoms with Gasteiger partial charge in [0.25, 0.3) is 15.9 Å². The minimum atomic E-state index is -3.76. The molecular weight excluding hydrogens is 462 g/mol. The molecule has 8 nitrogen and oxygen atoms in total. The summed E-state index contributed by atoms with van der Waals surface area (Å²) in [6.07, 6.45) is 0. The van der Waals surface area contributed by atoms with Crippen molar-refractivity contribution >= 4 is 38.6 Å². The summed E-state index contributed by atoms with van der Waals surface area (Å²) in [5.74, 6) is 0.0868. The Morgan fingerprint density at radius 2 is 1.66 bits per heavy atom. The zero-order valence-corrected chi connectivity index (χ0v) is 20.6. The van der Waals surface area contributed by atoms with Gasteiger partial charge >= 0.3 is 0 Å². The second-order valence-electron chi connectivity index (χ2n) is 8.06. The van der Waals surface area contributed by atoms with Gasteiger partial charge in [-0.15, -0.1) is 0 Å². The van der Waals surface area contributed by atoms with E-state index in [0.29, 0.717) is 23.7 Å². The highest BCUT2D eigenvalue weighted by Crippen LogP contribution is 2.22. The van der Waals surface area contributed by atoms with Crippen molar-refractivity contribution in [1.29, 1.82) is 0 Å². The number of carbonyl (C=O) groups excluding carboxylic acids is 1. The Bertz CT molecular complexity index is 1410. The van der Waals surface area contributed by atoms with Crippen molar-refractivity contribution in [3.8, 4) is 0 Å². The number of hydrogen-bond acceptors (Lipinski definition) is 5. The molecule has 3 aromatic carbocycles. The maximum absolute atomic E-state index is 13.1. The molecule has 0 fully saturated rings. The van der Waals surface area contributed by atoms with Gasteiger partial charge in [-0.1, -0.05) is 50.2 Å². The van der Waals surface area contributed by atoms with E-state index in [2.05, 4.69) is 33.8 Å². The second kappa shape index (κ2) is 10.7. The monoisotopic (exact) mass is 491 g/mol. The molecular formula is C26H29N5O3S. The number of nitrogens with one attached hydrogen (secondary N) is 2. The van der Waals surface area contributed by atoms with Gasteiger partial charge < -0.3 is 9.47 Å². The first kappa shape index (κ1) is 24.4. The Kier molecular flexibility index (Phi) is 7.48. The summed E-state index contributed by atoms with van der Waals surface area (Å²) in [5.41, 5.74) is 2.36. The van der Waals surface area contributed by atoms with Crippen LogP contribution in [0.3, 0.4) is 0 Å². The van der Waals surface area contributed by atoms with E-state index in [0.717, 1.165) is 30.7 Å². The number of amides is 1. The van der Waals surface area contributed by atoms with E-state index in [1.807, 2.05) is 28.8 Å². The fraction of sp³-hybridized carbons (Fsp3) is 0.231. The molecule has 4 aromatic rings. The number of hydrogen-bond donors (Lipinski definition) is 2. The molecule has 0 spiro atoms. The summed E-state index contributed by atoms with van der Waals surface area (Å²) in [6.45, 7) is 7.63. The number of aromatic nitrogens is 2. The number of anilines is 2. The fourth-order valence-corrected chi connectivity index (χ4v) is 4.96. The average Bonchev–Trinajstić information content (AvgIpc) is 3.22. The number of benzene rings is 3. The number of imidazole rings is 1.